The van der Waals surface area contributed by atoms with Gasteiger partial charge >= 0.3 is 5.97 Å². The van der Waals surface area contributed by atoms with Gasteiger partial charge < -0.3 is 10.3 Å². The summed E-state index contributed by atoms with van der Waals surface area (Å²) in [6.45, 7) is 0. The highest BCUT2D eigenvalue weighted by Gasteiger charge is 2.17. The molecule has 104 valence electrons. The molecule has 2 N–H and O–H groups in total. The van der Waals surface area contributed by atoms with Crippen molar-refractivity contribution in [2.45, 2.75) is 31.1 Å². The van der Waals surface area contributed by atoms with E-state index in [0.29, 0.717) is 5.56 Å². The van der Waals surface area contributed by atoms with Crippen LogP contribution in [-0.2, 0) is 0 Å². The van der Waals surface area contributed by atoms with Crippen LogP contribution >= 0.6 is 34.2 Å². The molecular formula is C13H15ClINO3. The minimum Gasteiger partial charge on any atom is -0.478 e. The van der Waals surface area contributed by atoms with Gasteiger partial charge in [-0.05, 0) is 66.1 Å². The Kier molecular flexibility index (Phi) is 7.15. The van der Waals surface area contributed by atoms with Gasteiger partial charge in [0.2, 0.25) is 0 Å². The average molecular weight is 396 g/mol. The fourth-order valence-electron chi connectivity index (χ4n) is 1.66. The number of nitrogens with zero attached hydrogens (tertiary/aromatic N) is 1. The minimum absolute atomic E-state index is 0.0104. The number of carbonyl (C=O) groups is 1. The van der Waals surface area contributed by atoms with Gasteiger partial charge in [-0.1, -0.05) is 11.6 Å². The summed E-state index contributed by atoms with van der Waals surface area (Å²) in [6.07, 6.45) is 4.10. The molecule has 1 aliphatic carbocycles. The summed E-state index contributed by atoms with van der Waals surface area (Å²) in [4.78, 5) is 10.3. The van der Waals surface area contributed by atoms with Gasteiger partial charge in [0, 0.05) is 3.57 Å². The van der Waals surface area contributed by atoms with Crippen molar-refractivity contribution in [3.63, 3.8) is 0 Å². The van der Waals surface area contributed by atoms with Crippen LogP contribution in [0.5, 0.6) is 0 Å². The quantitative estimate of drug-likeness (QED) is 0.327. The number of rotatable bonds is 1. The largest absolute Gasteiger partial charge is 0.478 e. The fraction of sp³-hybridized carbons (Fsp3) is 0.385. The van der Waals surface area contributed by atoms with Crippen LogP contribution < -0.4 is 0 Å². The van der Waals surface area contributed by atoms with E-state index in [0.717, 1.165) is 35.0 Å². The average Bonchev–Trinajstić information content (AvgIpc) is 2.40. The van der Waals surface area contributed by atoms with E-state index in [-0.39, 0.29) is 5.38 Å². The first-order valence-corrected chi connectivity index (χ1v) is 7.40. The lowest BCUT2D eigenvalue weighted by Gasteiger charge is -2.15. The summed E-state index contributed by atoms with van der Waals surface area (Å²) in [6, 6.07) is 6.71. The number of alkyl halides is 1. The molecule has 0 saturated heterocycles. The second-order valence-electron chi connectivity index (χ2n) is 4.12. The van der Waals surface area contributed by atoms with E-state index in [9.17, 15) is 4.79 Å². The molecule has 1 aliphatic rings. The molecule has 4 nitrogen and oxygen atoms in total. The third-order valence-corrected chi connectivity index (χ3v) is 3.91. The van der Waals surface area contributed by atoms with Crippen LogP contribution in [0.25, 0.3) is 0 Å². The first-order chi connectivity index (χ1) is 9.04. The molecule has 0 radical (unpaired) electrons. The summed E-state index contributed by atoms with van der Waals surface area (Å²) >= 11 is 7.92. The highest BCUT2D eigenvalue weighted by molar-refractivity contribution is 14.1. The van der Waals surface area contributed by atoms with Gasteiger partial charge in [0.25, 0.3) is 0 Å². The van der Waals surface area contributed by atoms with Gasteiger partial charge in [-0.3, -0.25) is 0 Å². The predicted molar refractivity (Wildman–Crippen MR) is 83.4 cm³/mol. The van der Waals surface area contributed by atoms with E-state index >= 15 is 0 Å². The van der Waals surface area contributed by atoms with E-state index in [1.165, 1.54) is 0 Å². The molecule has 0 aromatic heterocycles. The van der Waals surface area contributed by atoms with Crippen molar-refractivity contribution in [3.05, 3.63) is 33.4 Å². The summed E-state index contributed by atoms with van der Waals surface area (Å²) in [5.41, 5.74) is 1.09. The van der Waals surface area contributed by atoms with E-state index < -0.39 is 5.97 Å². The molecular weight excluding hydrogens is 381 g/mol. The number of carboxylic acid groups (broad SMARTS) is 1. The maximum atomic E-state index is 10.3. The zero-order valence-electron chi connectivity index (χ0n) is 10.2. The SMILES string of the molecule is O=C(O)c1ccc(I)cc1.ON=C1CCCCC1Cl. The van der Waals surface area contributed by atoms with Crippen molar-refractivity contribution in [1.29, 1.82) is 0 Å². The van der Waals surface area contributed by atoms with Crippen LogP contribution in [0.4, 0.5) is 0 Å². The molecule has 0 aliphatic heterocycles. The van der Waals surface area contributed by atoms with Crippen LogP contribution in [0.3, 0.4) is 0 Å². The number of oxime groups is 1. The Morgan fingerprint density at radius 3 is 2.37 bits per heavy atom. The molecule has 0 spiro atoms. The van der Waals surface area contributed by atoms with Crippen LogP contribution in [0.15, 0.2) is 29.4 Å². The molecule has 1 aromatic carbocycles. The molecule has 1 aromatic rings. The van der Waals surface area contributed by atoms with Crippen molar-refractivity contribution >= 4 is 45.9 Å². The molecule has 1 fully saturated rings. The van der Waals surface area contributed by atoms with Gasteiger partial charge in [0.1, 0.15) is 0 Å². The topological polar surface area (TPSA) is 69.9 Å². The van der Waals surface area contributed by atoms with Crippen LogP contribution in [-0.4, -0.2) is 27.4 Å². The number of hydrogen-bond donors (Lipinski definition) is 2. The standard InChI is InChI=1S/C7H5IO2.C6H10ClNO/c8-6-3-1-5(2-4-6)7(9)10;7-5-3-1-2-4-6(5)8-9/h1-4H,(H,9,10);5,9H,1-4H2. The number of carboxylic acids is 1. The summed E-state index contributed by atoms with van der Waals surface area (Å²) < 4.78 is 1.04. The van der Waals surface area contributed by atoms with Gasteiger partial charge in [0.15, 0.2) is 0 Å². The molecule has 6 heteroatoms. The van der Waals surface area contributed by atoms with Crippen molar-refractivity contribution in [1.82, 2.24) is 0 Å². The maximum Gasteiger partial charge on any atom is 0.335 e. The zero-order valence-corrected chi connectivity index (χ0v) is 13.1. The highest BCUT2D eigenvalue weighted by Crippen LogP contribution is 2.19. The van der Waals surface area contributed by atoms with Gasteiger partial charge in [0.05, 0.1) is 16.7 Å². The van der Waals surface area contributed by atoms with Gasteiger partial charge in [-0.15, -0.1) is 11.6 Å². The Hall–Kier alpha value is -0.820. The summed E-state index contributed by atoms with van der Waals surface area (Å²) in [7, 11) is 0. The Bertz CT molecular complexity index is 448. The molecule has 1 unspecified atom stereocenters. The Balaban J connectivity index is 0.000000191. The van der Waals surface area contributed by atoms with Gasteiger partial charge in [-0.25, -0.2) is 4.79 Å². The van der Waals surface area contributed by atoms with Gasteiger partial charge in [-0.2, -0.15) is 0 Å². The van der Waals surface area contributed by atoms with E-state index in [4.69, 9.17) is 21.9 Å². The van der Waals surface area contributed by atoms with Crippen molar-refractivity contribution < 1.29 is 15.1 Å². The van der Waals surface area contributed by atoms with Crippen LogP contribution in [0.1, 0.15) is 36.0 Å². The molecule has 0 bridgehead atoms. The molecule has 0 amide bonds. The second kappa shape index (κ2) is 8.37. The molecule has 1 saturated carbocycles. The Morgan fingerprint density at radius 1 is 1.32 bits per heavy atom. The smallest absolute Gasteiger partial charge is 0.335 e. The van der Waals surface area contributed by atoms with Crippen molar-refractivity contribution in [2.24, 2.45) is 5.16 Å². The molecule has 2 rings (SSSR count). The summed E-state index contributed by atoms with van der Waals surface area (Å²) in [5.74, 6) is -0.878. The Labute approximate surface area is 130 Å². The van der Waals surface area contributed by atoms with E-state index in [1.54, 1.807) is 24.3 Å². The first kappa shape index (κ1) is 16.2. The zero-order chi connectivity index (χ0) is 14.3. The van der Waals surface area contributed by atoms with Crippen LogP contribution in [0, 0.1) is 3.57 Å². The Morgan fingerprint density at radius 2 is 1.95 bits per heavy atom. The third kappa shape index (κ3) is 5.78. The lowest BCUT2D eigenvalue weighted by Crippen LogP contribution is -2.18. The lowest BCUT2D eigenvalue weighted by molar-refractivity contribution is 0.0697. The van der Waals surface area contributed by atoms with E-state index in [2.05, 4.69) is 27.7 Å². The minimum atomic E-state index is -0.878. The monoisotopic (exact) mass is 395 g/mol. The predicted octanol–water partition coefficient (Wildman–Crippen LogP) is 3.99. The third-order valence-electron chi connectivity index (χ3n) is 2.72. The number of aromatic carboxylic acids is 1. The first-order valence-electron chi connectivity index (χ1n) is 5.88. The van der Waals surface area contributed by atoms with Crippen molar-refractivity contribution in [2.75, 3.05) is 0 Å². The number of benzene rings is 1. The molecule has 1 atom stereocenters. The fourth-order valence-corrected chi connectivity index (χ4v) is 2.32. The molecule has 19 heavy (non-hydrogen) atoms. The normalized spacial score (nSPS) is 20.5. The second-order valence-corrected chi connectivity index (χ2v) is 5.89. The summed E-state index contributed by atoms with van der Waals surface area (Å²) in [5, 5.41) is 19.9. The maximum absolute atomic E-state index is 10.3. The van der Waals surface area contributed by atoms with Crippen LogP contribution in [0.2, 0.25) is 0 Å². The number of halogens is 2. The highest BCUT2D eigenvalue weighted by atomic mass is 127. The lowest BCUT2D eigenvalue weighted by atomic mass is 9.98. The van der Waals surface area contributed by atoms with Crippen molar-refractivity contribution in [3.8, 4) is 0 Å². The van der Waals surface area contributed by atoms with E-state index in [1.807, 2.05) is 0 Å². The molecule has 0 heterocycles. The number of hydrogen-bond acceptors (Lipinski definition) is 3.